The lowest BCUT2D eigenvalue weighted by molar-refractivity contribution is -0.137. The zero-order valence-corrected chi connectivity index (χ0v) is 15.4. The highest BCUT2D eigenvalue weighted by atomic mass is 19.4. The normalized spacial score (nSPS) is 16.6. The maximum atomic E-state index is 13.9. The van der Waals surface area contributed by atoms with Crippen molar-refractivity contribution in [3.63, 3.8) is 0 Å². The average Bonchev–Trinajstić information content (AvgIpc) is 3.01. The van der Waals surface area contributed by atoms with E-state index < -0.39 is 24.2 Å². The van der Waals surface area contributed by atoms with Crippen molar-refractivity contribution < 1.29 is 22.0 Å². The number of aryl methyl sites for hydroxylation is 1. The number of aromatic nitrogens is 1. The highest BCUT2D eigenvalue weighted by molar-refractivity contribution is 5.84. The van der Waals surface area contributed by atoms with E-state index in [1.807, 2.05) is 0 Å². The number of rotatable bonds is 2. The summed E-state index contributed by atoms with van der Waals surface area (Å²) in [4.78, 5) is 13.5. The Bertz CT molecular complexity index is 1150. The van der Waals surface area contributed by atoms with Gasteiger partial charge in [0.2, 0.25) is 0 Å². The molecule has 0 saturated carbocycles. The molecular formula is C21H17F5N2O. The van der Waals surface area contributed by atoms with E-state index in [2.05, 4.69) is 0 Å². The molecule has 1 fully saturated rings. The maximum absolute atomic E-state index is 13.9. The fourth-order valence-electron chi connectivity index (χ4n) is 3.80. The lowest BCUT2D eigenvalue weighted by atomic mass is 10.1. The van der Waals surface area contributed by atoms with Crippen LogP contribution in [0.3, 0.4) is 0 Å². The van der Waals surface area contributed by atoms with Crippen molar-refractivity contribution in [2.75, 3.05) is 18.0 Å². The number of hydrogen-bond donors (Lipinski definition) is 0. The van der Waals surface area contributed by atoms with E-state index in [0.29, 0.717) is 16.5 Å². The van der Waals surface area contributed by atoms with Crippen molar-refractivity contribution in [1.29, 1.82) is 0 Å². The van der Waals surface area contributed by atoms with E-state index in [-0.39, 0.29) is 29.8 Å². The van der Waals surface area contributed by atoms with Crippen LogP contribution >= 0.6 is 0 Å². The van der Waals surface area contributed by atoms with Crippen molar-refractivity contribution in [1.82, 2.24) is 4.57 Å². The van der Waals surface area contributed by atoms with E-state index in [9.17, 15) is 26.7 Å². The Hall–Kier alpha value is -2.90. The molecule has 1 aliphatic heterocycles. The van der Waals surface area contributed by atoms with Gasteiger partial charge in [-0.3, -0.25) is 4.79 Å². The molecule has 0 N–H and O–H groups in total. The number of hydrogen-bond acceptors (Lipinski definition) is 2. The molecule has 1 aromatic heterocycles. The Morgan fingerprint density at radius 3 is 2.48 bits per heavy atom. The molecule has 0 amide bonds. The molecule has 0 radical (unpaired) electrons. The Labute approximate surface area is 163 Å². The molecule has 152 valence electrons. The number of anilines is 1. The maximum Gasteiger partial charge on any atom is 0.418 e. The number of nitrogens with zero attached hydrogens (tertiary/aromatic N) is 2. The monoisotopic (exact) mass is 408 g/mol. The standard InChI is InChI=1S/C21H17F5N2O/c1-13-3-2-4-17-19(13)18(29)7-9-28(17)16-6-5-14(11-15(16)21(24,25)26)27-10-8-20(22,23)12-27/h2-7,9,11H,8,10,12H2,1H3. The molecule has 1 saturated heterocycles. The van der Waals surface area contributed by atoms with Crippen LogP contribution in [0.2, 0.25) is 0 Å². The van der Waals surface area contributed by atoms with Gasteiger partial charge in [-0.25, -0.2) is 8.78 Å². The quantitative estimate of drug-likeness (QED) is 0.547. The predicted molar refractivity (Wildman–Crippen MR) is 101 cm³/mol. The number of benzene rings is 2. The minimum atomic E-state index is -4.70. The molecule has 4 rings (SSSR count). The molecule has 0 unspecified atom stereocenters. The fraction of sp³-hybridized carbons (Fsp3) is 0.286. The van der Waals surface area contributed by atoms with E-state index in [0.717, 1.165) is 6.07 Å². The Morgan fingerprint density at radius 2 is 1.83 bits per heavy atom. The molecule has 0 atom stereocenters. The van der Waals surface area contributed by atoms with Gasteiger partial charge in [0.15, 0.2) is 5.43 Å². The van der Waals surface area contributed by atoms with Crippen LogP contribution in [-0.4, -0.2) is 23.6 Å². The minimum absolute atomic E-state index is 0.0101. The number of halogens is 5. The first-order valence-corrected chi connectivity index (χ1v) is 9.02. The number of pyridine rings is 1. The van der Waals surface area contributed by atoms with E-state index in [4.69, 9.17) is 0 Å². The average molecular weight is 408 g/mol. The van der Waals surface area contributed by atoms with Crippen molar-refractivity contribution >= 4 is 16.6 Å². The summed E-state index contributed by atoms with van der Waals surface area (Å²) < 4.78 is 69.9. The van der Waals surface area contributed by atoms with Crippen LogP contribution in [0, 0.1) is 6.92 Å². The van der Waals surface area contributed by atoms with Gasteiger partial charge in [-0.15, -0.1) is 0 Å². The van der Waals surface area contributed by atoms with Gasteiger partial charge in [-0.1, -0.05) is 12.1 Å². The lowest BCUT2D eigenvalue weighted by Crippen LogP contribution is -2.25. The number of fused-ring (bicyclic) bond motifs is 1. The summed E-state index contributed by atoms with van der Waals surface area (Å²) in [5.74, 6) is -2.91. The third-order valence-electron chi connectivity index (χ3n) is 5.21. The third kappa shape index (κ3) is 3.47. The lowest BCUT2D eigenvalue weighted by Gasteiger charge is -2.23. The second-order valence-electron chi connectivity index (χ2n) is 7.25. The van der Waals surface area contributed by atoms with Gasteiger partial charge in [0.1, 0.15) is 0 Å². The highest BCUT2D eigenvalue weighted by Crippen LogP contribution is 2.39. The van der Waals surface area contributed by atoms with Crippen LogP contribution in [0.15, 0.2) is 53.5 Å². The van der Waals surface area contributed by atoms with Crippen LogP contribution in [-0.2, 0) is 6.18 Å². The van der Waals surface area contributed by atoms with Gasteiger partial charge >= 0.3 is 6.18 Å². The van der Waals surface area contributed by atoms with Crippen LogP contribution in [0.5, 0.6) is 0 Å². The zero-order chi connectivity index (χ0) is 21.0. The van der Waals surface area contributed by atoms with Crippen molar-refractivity contribution in [3.05, 3.63) is 70.0 Å². The van der Waals surface area contributed by atoms with Crippen LogP contribution in [0.4, 0.5) is 27.6 Å². The first kappa shape index (κ1) is 19.4. The third-order valence-corrected chi connectivity index (χ3v) is 5.21. The SMILES string of the molecule is Cc1cccc2c1c(=O)ccn2-c1ccc(N2CCC(F)(F)C2)cc1C(F)(F)F. The molecule has 0 aliphatic carbocycles. The molecule has 1 aliphatic rings. The van der Waals surface area contributed by atoms with Crippen LogP contribution in [0.25, 0.3) is 16.6 Å². The first-order valence-electron chi connectivity index (χ1n) is 9.02. The summed E-state index contributed by atoms with van der Waals surface area (Å²) in [5.41, 5.74) is -0.284. The molecule has 0 bridgehead atoms. The van der Waals surface area contributed by atoms with E-state index in [1.54, 1.807) is 25.1 Å². The van der Waals surface area contributed by atoms with Crippen molar-refractivity contribution in [2.45, 2.75) is 25.4 Å². The Kier molecular flexibility index (Phi) is 4.40. The Balaban J connectivity index is 1.91. The summed E-state index contributed by atoms with van der Waals surface area (Å²) in [7, 11) is 0. The summed E-state index contributed by atoms with van der Waals surface area (Å²) in [6.07, 6.45) is -3.79. The molecule has 3 aromatic rings. The summed E-state index contributed by atoms with van der Waals surface area (Å²) in [6, 6.07) is 9.77. The molecule has 8 heteroatoms. The Morgan fingerprint density at radius 1 is 1.07 bits per heavy atom. The van der Waals surface area contributed by atoms with E-state index in [1.165, 1.54) is 33.9 Å². The summed E-state index contributed by atoms with van der Waals surface area (Å²) in [6.45, 7) is 1.10. The predicted octanol–water partition coefficient (Wildman–Crippen LogP) is 5.16. The molecular weight excluding hydrogens is 391 g/mol. The fourth-order valence-corrected chi connectivity index (χ4v) is 3.80. The van der Waals surface area contributed by atoms with Gasteiger partial charge in [0.25, 0.3) is 5.92 Å². The second-order valence-corrected chi connectivity index (χ2v) is 7.25. The van der Waals surface area contributed by atoms with Crippen LogP contribution < -0.4 is 10.3 Å². The van der Waals surface area contributed by atoms with Crippen LogP contribution in [0.1, 0.15) is 17.5 Å². The molecule has 29 heavy (non-hydrogen) atoms. The smallest absolute Gasteiger partial charge is 0.365 e. The summed E-state index contributed by atoms with van der Waals surface area (Å²) >= 11 is 0. The second kappa shape index (κ2) is 6.57. The van der Waals surface area contributed by atoms with Gasteiger partial charge in [-0.05, 0) is 36.8 Å². The van der Waals surface area contributed by atoms with Gasteiger partial charge in [0.05, 0.1) is 23.3 Å². The molecule has 0 spiro atoms. The van der Waals surface area contributed by atoms with Crippen molar-refractivity contribution in [3.8, 4) is 5.69 Å². The molecule has 2 aromatic carbocycles. The largest absolute Gasteiger partial charge is 0.418 e. The van der Waals surface area contributed by atoms with Gasteiger partial charge in [-0.2, -0.15) is 13.2 Å². The zero-order valence-electron chi connectivity index (χ0n) is 15.4. The summed E-state index contributed by atoms with van der Waals surface area (Å²) in [5, 5.41) is 0.339. The van der Waals surface area contributed by atoms with E-state index >= 15 is 0 Å². The van der Waals surface area contributed by atoms with Crippen molar-refractivity contribution in [2.24, 2.45) is 0 Å². The van der Waals surface area contributed by atoms with Gasteiger partial charge in [0, 0.05) is 36.3 Å². The molecule has 3 nitrogen and oxygen atoms in total. The topological polar surface area (TPSA) is 25.2 Å². The minimum Gasteiger partial charge on any atom is -0.365 e. The number of alkyl halides is 5. The highest BCUT2D eigenvalue weighted by Gasteiger charge is 2.40. The molecule has 2 heterocycles. The first-order chi connectivity index (χ1) is 13.6. The van der Waals surface area contributed by atoms with Gasteiger partial charge < -0.3 is 9.47 Å².